The molecule has 150 valence electrons. The normalized spacial score (nSPS) is 11.3. The second-order valence-corrected chi connectivity index (χ2v) is 9.67. The maximum Gasteiger partial charge on any atom is 0.125 e. The predicted octanol–water partition coefficient (Wildman–Crippen LogP) is 6.05. The van der Waals surface area contributed by atoms with E-state index in [1.807, 2.05) is 0 Å². The van der Waals surface area contributed by atoms with Crippen LogP contribution in [0.25, 0.3) is 0 Å². The molecule has 0 radical (unpaired) electrons. The summed E-state index contributed by atoms with van der Waals surface area (Å²) in [4.78, 5) is 0. The van der Waals surface area contributed by atoms with Gasteiger partial charge in [-0.25, -0.2) is 17.6 Å². The lowest BCUT2D eigenvalue weighted by Gasteiger charge is -2.27. The summed E-state index contributed by atoms with van der Waals surface area (Å²) in [5.74, 6) is -2.00. The van der Waals surface area contributed by atoms with Crippen LogP contribution in [0.3, 0.4) is 0 Å². The lowest BCUT2D eigenvalue weighted by atomic mass is 10.3. The van der Waals surface area contributed by atoms with E-state index in [4.69, 9.17) is 4.74 Å². The molecule has 0 heterocycles. The second-order valence-electron chi connectivity index (χ2n) is 6.65. The van der Waals surface area contributed by atoms with Crippen molar-refractivity contribution in [2.45, 2.75) is 0 Å². The van der Waals surface area contributed by atoms with Crippen molar-refractivity contribution in [2.75, 3.05) is 0 Å². The monoisotopic (exact) mass is 425 g/mol. The Morgan fingerprint density at radius 2 is 0.833 bits per heavy atom. The molecule has 0 aliphatic rings. The highest BCUT2D eigenvalue weighted by Crippen LogP contribution is 2.49. The van der Waals surface area contributed by atoms with Crippen molar-refractivity contribution in [1.82, 2.24) is 0 Å². The van der Waals surface area contributed by atoms with Gasteiger partial charge in [0.1, 0.15) is 23.3 Å². The van der Waals surface area contributed by atoms with Crippen LogP contribution in [0.5, 0.6) is 0 Å². The van der Waals surface area contributed by atoms with Crippen LogP contribution in [-0.4, -0.2) is 0 Å². The van der Waals surface area contributed by atoms with Gasteiger partial charge in [-0.3, -0.25) is 4.74 Å². The highest BCUT2D eigenvalue weighted by molar-refractivity contribution is 7.87. The van der Waals surface area contributed by atoms with Gasteiger partial charge in [-0.15, -0.1) is 0 Å². The number of benzene rings is 4. The van der Waals surface area contributed by atoms with Crippen LogP contribution in [0, 0.1) is 23.3 Å². The van der Waals surface area contributed by atoms with Crippen LogP contribution in [0.15, 0.2) is 102 Å². The second kappa shape index (κ2) is 8.29. The summed E-state index contributed by atoms with van der Waals surface area (Å²) in [6.45, 7) is 0. The van der Waals surface area contributed by atoms with Crippen molar-refractivity contribution in [3.05, 3.63) is 120 Å². The Morgan fingerprint density at radius 1 is 0.467 bits per heavy atom. The molecule has 4 rings (SSSR count). The molecule has 6 heteroatoms. The molecule has 4 aromatic carbocycles. The van der Waals surface area contributed by atoms with E-state index in [-0.39, 0.29) is 0 Å². The highest BCUT2D eigenvalue weighted by Gasteiger charge is 2.29. The first-order valence-electron chi connectivity index (χ1n) is 9.14. The topological polar surface area (TPSA) is 12.4 Å². The Morgan fingerprint density at radius 3 is 1.20 bits per heavy atom. The first-order valence-corrected chi connectivity index (χ1v) is 10.9. The quantitative estimate of drug-likeness (QED) is 0.279. The Balaban J connectivity index is 2.18. The molecule has 0 fully saturated rings. The smallest absolute Gasteiger partial charge is 0.125 e. The number of hydrogen-bond acceptors (Lipinski definition) is 1. The predicted molar refractivity (Wildman–Crippen MR) is 114 cm³/mol. The molecule has 0 aliphatic heterocycles. The lowest BCUT2D eigenvalue weighted by Crippen LogP contribution is -2.26. The van der Waals surface area contributed by atoms with Gasteiger partial charge >= 0.3 is 0 Å². The number of rotatable bonds is 4. The molecule has 0 saturated carbocycles. The van der Waals surface area contributed by atoms with Gasteiger partial charge in [-0.1, -0.05) is 42.5 Å². The number of nitrogens with zero attached hydrogens (tertiary/aromatic N) is 1. The molecule has 0 unspecified atom stereocenters. The minimum absolute atomic E-state index is 0.293. The third kappa shape index (κ3) is 3.94. The van der Waals surface area contributed by atoms with Crippen molar-refractivity contribution >= 4 is 28.7 Å². The minimum atomic E-state index is -3.14. The maximum absolute atomic E-state index is 14.3. The van der Waals surface area contributed by atoms with Crippen LogP contribution in [0.2, 0.25) is 0 Å². The van der Waals surface area contributed by atoms with Crippen LogP contribution in [-0.2, 0) is 0 Å². The van der Waals surface area contributed by atoms with Gasteiger partial charge in [0.2, 0.25) is 0 Å². The zero-order chi connectivity index (χ0) is 21.1. The summed E-state index contributed by atoms with van der Waals surface area (Å²) >= 11 is 0. The van der Waals surface area contributed by atoms with Crippen molar-refractivity contribution in [3.8, 4) is 0 Å². The highest BCUT2D eigenvalue weighted by atomic mass is 31.2. The summed E-state index contributed by atoms with van der Waals surface area (Å²) in [7, 11) is -3.14. The van der Waals surface area contributed by atoms with Crippen molar-refractivity contribution in [2.24, 2.45) is 4.74 Å². The van der Waals surface area contributed by atoms with E-state index in [2.05, 4.69) is 0 Å². The Kier molecular flexibility index (Phi) is 5.56. The zero-order valence-corrected chi connectivity index (χ0v) is 16.5. The van der Waals surface area contributed by atoms with E-state index in [0.29, 0.717) is 21.6 Å². The van der Waals surface area contributed by atoms with Crippen LogP contribution in [0.4, 0.5) is 23.2 Å². The third-order valence-electron chi connectivity index (χ3n) is 4.62. The molecular weight excluding hydrogens is 409 g/mol. The molecule has 1 nitrogen and oxygen atoms in total. The Hall–Kier alpha value is -3.17. The third-order valence-corrected chi connectivity index (χ3v) is 8.23. The van der Waals surface area contributed by atoms with E-state index in [1.165, 1.54) is 72.8 Å². The van der Waals surface area contributed by atoms with Gasteiger partial charge in [0.15, 0.2) is 0 Å². The first-order chi connectivity index (χ1) is 14.5. The molecule has 0 N–H and O–H groups in total. The van der Waals surface area contributed by atoms with Crippen LogP contribution >= 0.6 is 7.05 Å². The largest absolute Gasteiger partial charge is 0.254 e. The zero-order valence-electron chi connectivity index (χ0n) is 15.6. The molecule has 30 heavy (non-hydrogen) atoms. The molecule has 0 amide bonds. The molecular formula is C24H16F4NP. The van der Waals surface area contributed by atoms with E-state index < -0.39 is 30.3 Å². The van der Waals surface area contributed by atoms with E-state index >= 15 is 0 Å². The fraction of sp³-hybridized carbons (Fsp3) is 0. The van der Waals surface area contributed by atoms with Crippen molar-refractivity contribution in [1.29, 1.82) is 0 Å². The van der Waals surface area contributed by atoms with Gasteiger partial charge in [0.25, 0.3) is 0 Å². The summed E-state index contributed by atoms with van der Waals surface area (Å²) in [6, 6.07) is 23.1. The molecule has 0 aliphatic carbocycles. The average Bonchev–Trinajstić information content (AvgIpc) is 2.72. The van der Waals surface area contributed by atoms with Gasteiger partial charge < -0.3 is 0 Å². The van der Waals surface area contributed by atoms with Gasteiger partial charge in [-0.05, 0) is 54.6 Å². The van der Waals surface area contributed by atoms with Gasteiger partial charge in [0.05, 0.1) is 12.7 Å². The molecule has 4 aromatic rings. The standard InChI is InChI=1S/C24H16F4NP/c25-17-5-1-9-21(13-17)29-30(22-10-2-6-18(26)14-22,23-11-3-7-19(27)15-23)24-12-4-8-20(28)16-24/h1-16H. The summed E-state index contributed by atoms with van der Waals surface area (Å²) < 4.78 is 61.5. The summed E-state index contributed by atoms with van der Waals surface area (Å²) in [6.07, 6.45) is 0. The maximum atomic E-state index is 14.3. The first kappa shape index (κ1) is 20.1. The van der Waals surface area contributed by atoms with Gasteiger partial charge in [0, 0.05) is 15.9 Å². The Bertz CT molecular complexity index is 1150. The molecule has 0 saturated heterocycles. The molecule has 0 aromatic heterocycles. The van der Waals surface area contributed by atoms with Gasteiger partial charge in [-0.2, -0.15) is 0 Å². The Labute approximate surface area is 171 Å². The van der Waals surface area contributed by atoms with E-state index in [9.17, 15) is 17.6 Å². The van der Waals surface area contributed by atoms with Crippen molar-refractivity contribution < 1.29 is 17.6 Å². The fourth-order valence-electron chi connectivity index (χ4n) is 3.36. The summed E-state index contributed by atoms with van der Waals surface area (Å²) in [5.41, 5.74) is 0.293. The number of hydrogen-bond donors (Lipinski definition) is 0. The number of halogens is 4. The minimum Gasteiger partial charge on any atom is -0.254 e. The average molecular weight is 425 g/mol. The summed E-state index contributed by atoms with van der Waals surface area (Å²) in [5, 5.41) is 1.38. The molecule has 0 atom stereocenters. The SMILES string of the molecule is Fc1cccc(N=P(c2cccc(F)c2)(c2cccc(F)c2)c2cccc(F)c2)c1. The lowest BCUT2D eigenvalue weighted by molar-refractivity contribution is 0.627. The van der Waals surface area contributed by atoms with Crippen LogP contribution < -0.4 is 15.9 Å². The van der Waals surface area contributed by atoms with E-state index in [0.717, 1.165) is 0 Å². The van der Waals surface area contributed by atoms with Crippen molar-refractivity contribution in [3.63, 3.8) is 0 Å². The van der Waals surface area contributed by atoms with Crippen LogP contribution in [0.1, 0.15) is 0 Å². The molecule has 0 bridgehead atoms. The molecule has 0 spiro atoms. The van der Waals surface area contributed by atoms with E-state index in [1.54, 1.807) is 24.3 Å². The fourth-order valence-corrected chi connectivity index (χ4v) is 6.91.